The van der Waals surface area contributed by atoms with Crippen molar-refractivity contribution < 1.29 is 9.90 Å². The quantitative estimate of drug-likeness (QED) is 0.285. The third-order valence-electron chi connectivity index (χ3n) is 3.80. The van der Waals surface area contributed by atoms with Crippen LogP contribution in [0.4, 0.5) is 0 Å². The van der Waals surface area contributed by atoms with Gasteiger partial charge in [-0.1, -0.05) is 69.8 Å². The lowest BCUT2D eigenvalue weighted by molar-refractivity contribution is -0.305. The fourth-order valence-electron chi connectivity index (χ4n) is 2.39. The van der Waals surface area contributed by atoms with E-state index < -0.39 is 5.97 Å². The highest BCUT2D eigenvalue weighted by molar-refractivity contribution is 5.64. The number of hydrogen-bond donors (Lipinski definition) is 0. The molecule has 0 aliphatic carbocycles. The van der Waals surface area contributed by atoms with Crippen molar-refractivity contribution in [3.8, 4) is 0 Å². The van der Waals surface area contributed by atoms with E-state index in [9.17, 15) is 9.90 Å². The Morgan fingerprint density at radius 2 is 1.09 bits per heavy atom. The molecule has 0 heterocycles. The molecular weight excluding hydrogens is 272 g/mol. The van der Waals surface area contributed by atoms with E-state index in [-0.39, 0.29) is 6.42 Å². The van der Waals surface area contributed by atoms with Gasteiger partial charge in [0.2, 0.25) is 0 Å². The van der Waals surface area contributed by atoms with Crippen LogP contribution < -0.4 is 5.11 Å². The van der Waals surface area contributed by atoms with Crippen LogP contribution in [0.1, 0.15) is 96.8 Å². The molecule has 0 bridgehead atoms. The molecular formula is C20H35O2-. The van der Waals surface area contributed by atoms with Crippen LogP contribution in [0.15, 0.2) is 24.3 Å². The van der Waals surface area contributed by atoms with Crippen molar-refractivity contribution in [2.24, 2.45) is 0 Å². The molecule has 0 rings (SSSR count). The molecule has 0 aliphatic rings. The summed E-state index contributed by atoms with van der Waals surface area (Å²) in [6.07, 6.45) is 24.9. The van der Waals surface area contributed by atoms with E-state index in [2.05, 4.69) is 31.2 Å². The van der Waals surface area contributed by atoms with Crippen molar-refractivity contribution in [1.82, 2.24) is 0 Å². The molecule has 0 aromatic rings. The van der Waals surface area contributed by atoms with Crippen LogP contribution in [-0.4, -0.2) is 5.97 Å². The molecule has 2 heteroatoms. The first-order valence-corrected chi connectivity index (χ1v) is 9.27. The number of carboxylic acids is 1. The lowest BCUT2D eigenvalue weighted by atomic mass is 10.1. The van der Waals surface area contributed by atoms with E-state index in [4.69, 9.17) is 0 Å². The molecule has 0 radical (unpaired) electrons. The van der Waals surface area contributed by atoms with Crippen molar-refractivity contribution in [1.29, 1.82) is 0 Å². The fourth-order valence-corrected chi connectivity index (χ4v) is 2.39. The molecule has 128 valence electrons. The van der Waals surface area contributed by atoms with E-state index in [1.54, 1.807) is 0 Å². The number of aliphatic carboxylic acids is 1. The van der Waals surface area contributed by atoms with Gasteiger partial charge in [0, 0.05) is 5.97 Å². The Balaban J connectivity index is 3.12. The normalized spacial score (nSPS) is 11.7. The number of unbranched alkanes of at least 4 members (excludes halogenated alkanes) is 10. The maximum Gasteiger partial charge on any atom is 0.0414 e. The average molecular weight is 307 g/mol. The largest absolute Gasteiger partial charge is 0.550 e. The number of hydrogen-bond acceptors (Lipinski definition) is 2. The first-order valence-electron chi connectivity index (χ1n) is 9.27. The molecule has 0 aromatic heterocycles. The predicted octanol–water partition coefficient (Wildman–Crippen LogP) is 5.33. The van der Waals surface area contributed by atoms with Gasteiger partial charge in [0.05, 0.1) is 0 Å². The molecule has 0 aliphatic heterocycles. The summed E-state index contributed by atoms with van der Waals surface area (Å²) in [5.41, 5.74) is 0. The van der Waals surface area contributed by atoms with Gasteiger partial charge in [0.25, 0.3) is 0 Å². The van der Waals surface area contributed by atoms with Crippen molar-refractivity contribution >= 4 is 5.97 Å². The zero-order valence-corrected chi connectivity index (χ0v) is 14.5. The van der Waals surface area contributed by atoms with E-state index in [1.807, 2.05) is 0 Å². The Morgan fingerprint density at radius 1 is 0.682 bits per heavy atom. The first-order chi connectivity index (χ1) is 10.8. The number of allylic oxidation sites excluding steroid dienone is 4. The Labute approximate surface area is 137 Å². The summed E-state index contributed by atoms with van der Waals surface area (Å²) in [6, 6.07) is 0. The number of carbonyl (C=O) groups excluding carboxylic acids is 1. The van der Waals surface area contributed by atoms with Crippen molar-refractivity contribution in [2.75, 3.05) is 0 Å². The fraction of sp³-hybridized carbons (Fsp3) is 0.750. The molecule has 22 heavy (non-hydrogen) atoms. The van der Waals surface area contributed by atoms with Gasteiger partial charge in [-0.15, -0.1) is 0 Å². The highest BCUT2D eigenvalue weighted by Crippen LogP contribution is 2.10. The second-order valence-electron chi connectivity index (χ2n) is 6.05. The molecule has 0 aromatic carbocycles. The van der Waals surface area contributed by atoms with Gasteiger partial charge in [-0.3, -0.25) is 0 Å². The molecule has 0 atom stereocenters. The van der Waals surface area contributed by atoms with Crippen LogP contribution in [0.3, 0.4) is 0 Å². The van der Waals surface area contributed by atoms with Crippen molar-refractivity contribution in [3.05, 3.63) is 24.3 Å². The molecule has 0 N–H and O–H groups in total. The third-order valence-corrected chi connectivity index (χ3v) is 3.80. The number of carbonyl (C=O) groups is 1. The highest BCUT2D eigenvalue weighted by Gasteiger charge is 1.90. The first kappa shape index (κ1) is 20.9. The van der Waals surface area contributed by atoms with Crippen molar-refractivity contribution in [2.45, 2.75) is 96.8 Å². The topological polar surface area (TPSA) is 40.1 Å². The lowest BCUT2D eigenvalue weighted by Gasteiger charge is -2.00. The van der Waals surface area contributed by atoms with E-state index in [0.717, 1.165) is 12.8 Å². The summed E-state index contributed by atoms with van der Waals surface area (Å²) in [5, 5.41) is 10.2. The summed E-state index contributed by atoms with van der Waals surface area (Å²) in [5.74, 6) is -0.940. The minimum atomic E-state index is -0.940. The van der Waals surface area contributed by atoms with Crippen LogP contribution in [-0.2, 0) is 4.79 Å². The summed E-state index contributed by atoms with van der Waals surface area (Å²) in [4.78, 5) is 10.2. The van der Waals surface area contributed by atoms with Gasteiger partial charge in [-0.05, 0) is 51.4 Å². The van der Waals surface area contributed by atoms with Crippen LogP contribution >= 0.6 is 0 Å². The van der Waals surface area contributed by atoms with Gasteiger partial charge in [-0.2, -0.15) is 0 Å². The molecule has 2 nitrogen and oxygen atoms in total. The van der Waals surface area contributed by atoms with Crippen LogP contribution in [0.2, 0.25) is 0 Å². The van der Waals surface area contributed by atoms with Crippen molar-refractivity contribution in [3.63, 3.8) is 0 Å². The molecule has 0 unspecified atom stereocenters. The van der Waals surface area contributed by atoms with E-state index in [1.165, 1.54) is 64.2 Å². The van der Waals surface area contributed by atoms with Gasteiger partial charge >= 0.3 is 0 Å². The zero-order valence-electron chi connectivity index (χ0n) is 14.5. The molecule has 0 spiro atoms. The summed E-state index contributed by atoms with van der Waals surface area (Å²) >= 11 is 0. The van der Waals surface area contributed by atoms with Gasteiger partial charge < -0.3 is 9.90 Å². The van der Waals surface area contributed by atoms with Crippen LogP contribution in [0.5, 0.6) is 0 Å². The molecule has 0 saturated heterocycles. The zero-order chi connectivity index (χ0) is 16.3. The second-order valence-corrected chi connectivity index (χ2v) is 6.05. The average Bonchev–Trinajstić information content (AvgIpc) is 2.50. The summed E-state index contributed by atoms with van der Waals surface area (Å²) in [6.45, 7) is 2.24. The maximum absolute atomic E-state index is 10.2. The number of rotatable bonds is 16. The minimum Gasteiger partial charge on any atom is -0.550 e. The van der Waals surface area contributed by atoms with Gasteiger partial charge in [-0.25, -0.2) is 0 Å². The minimum absolute atomic E-state index is 0.179. The molecule has 0 fully saturated rings. The van der Waals surface area contributed by atoms with Crippen LogP contribution in [0, 0.1) is 0 Å². The lowest BCUT2D eigenvalue weighted by Crippen LogP contribution is -2.21. The summed E-state index contributed by atoms with van der Waals surface area (Å²) < 4.78 is 0. The maximum atomic E-state index is 10.2. The standard InChI is InChI=1S/C20H36O2/c1-2-3-4-5-6-7-8-9-10-11-12-13-14-15-16-17-18-19-20(21)22/h5-6,15-16H,2-4,7-14,17-19H2,1H3,(H,21,22)/p-1. The Bertz CT molecular complexity index is 292. The smallest absolute Gasteiger partial charge is 0.0414 e. The van der Waals surface area contributed by atoms with Crippen LogP contribution in [0.25, 0.3) is 0 Å². The number of carboxylic acid groups (broad SMARTS) is 1. The third kappa shape index (κ3) is 18.9. The SMILES string of the molecule is CCCCC=CCCCCCCCCC=CCCCC(=O)[O-]. The predicted molar refractivity (Wildman–Crippen MR) is 93.6 cm³/mol. The Morgan fingerprint density at radius 3 is 1.55 bits per heavy atom. The Kier molecular flexibility index (Phi) is 17.1. The molecule has 0 saturated carbocycles. The molecule has 0 amide bonds. The van der Waals surface area contributed by atoms with E-state index >= 15 is 0 Å². The summed E-state index contributed by atoms with van der Waals surface area (Å²) in [7, 11) is 0. The van der Waals surface area contributed by atoms with Gasteiger partial charge in [0.1, 0.15) is 0 Å². The van der Waals surface area contributed by atoms with Gasteiger partial charge in [0.15, 0.2) is 0 Å². The monoisotopic (exact) mass is 307 g/mol. The highest BCUT2D eigenvalue weighted by atomic mass is 16.4. The Hall–Kier alpha value is -1.05. The second kappa shape index (κ2) is 18.0. The van der Waals surface area contributed by atoms with E-state index in [0.29, 0.717) is 6.42 Å².